The van der Waals surface area contributed by atoms with Gasteiger partial charge in [-0.25, -0.2) is 4.79 Å². The summed E-state index contributed by atoms with van der Waals surface area (Å²) in [6, 6.07) is 0.153. The van der Waals surface area contributed by atoms with E-state index in [4.69, 9.17) is 0 Å². The Hall–Kier alpha value is -1.10. The summed E-state index contributed by atoms with van der Waals surface area (Å²) in [7, 11) is 1.90. The van der Waals surface area contributed by atoms with E-state index in [0.717, 1.165) is 19.4 Å². The van der Waals surface area contributed by atoms with Crippen molar-refractivity contribution in [3.63, 3.8) is 0 Å². The SMILES string of the molecule is CC(=O)N(C1CC1)C1(C(=O)O)CCN(C)C1. The van der Waals surface area contributed by atoms with Crippen LogP contribution >= 0.6 is 0 Å². The van der Waals surface area contributed by atoms with Gasteiger partial charge < -0.3 is 14.9 Å². The van der Waals surface area contributed by atoms with Gasteiger partial charge in [0.15, 0.2) is 5.54 Å². The molecule has 1 unspecified atom stereocenters. The molecule has 1 atom stereocenters. The Balaban J connectivity index is 2.30. The summed E-state index contributed by atoms with van der Waals surface area (Å²) in [5.74, 6) is -0.973. The highest BCUT2D eigenvalue weighted by Crippen LogP contribution is 2.37. The number of amides is 1. The van der Waals surface area contributed by atoms with Gasteiger partial charge in [0.05, 0.1) is 0 Å². The maximum Gasteiger partial charge on any atom is 0.331 e. The van der Waals surface area contributed by atoms with Crippen molar-refractivity contribution in [1.82, 2.24) is 9.80 Å². The minimum atomic E-state index is -0.984. The molecule has 0 radical (unpaired) electrons. The minimum absolute atomic E-state index is 0.111. The molecule has 1 N–H and O–H groups in total. The number of nitrogens with zero attached hydrogens (tertiary/aromatic N) is 2. The molecule has 1 heterocycles. The first-order chi connectivity index (χ1) is 7.47. The van der Waals surface area contributed by atoms with Crippen molar-refractivity contribution >= 4 is 11.9 Å². The lowest BCUT2D eigenvalue weighted by Gasteiger charge is -2.37. The molecule has 1 saturated carbocycles. The molecule has 0 aromatic rings. The molecule has 0 aromatic heterocycles. The van der Waals surface area contributed by atoms with Crippen molar-refractivity contribution in [2.45, 2.75) is 37.8 Å². The summed E-state index contributed by atoms with van der Waals surface area (Å²) < 4.78 is 0. The van der Waals surface area contributed by atoms with Crippen LogP contribution in [0.25, 0.3) is 0 Å². The number of carbonyl (C=O) groups is 2. The molecule has 16 heavy (non-hydrogen) atoms. The van der Waals surface area contributed by atoms with Crippen LogP contribution in [0, 0.1) is 0 Å². The molecule has 1 aliphatic carbocycles. The van der Waals surface area contributed by atoms with E-state index in [9.17, 15) is 14.7 Å². The van der Waals surface area contributed by atoms with E-state index >= 15 is 0 Å². The van der Waals surface area contributed by atoms with Crippen LogP contribution in [0.2, 0.25) is 0 Å². The van der Waals surface area contributed by atoms with Gasteiger partial charge in [0.1, 0.15) is 0 Å². The maximum absolute atomic E-state index is 11.7. The van der Waals surface area contributed by atoms with Crippen molar-refractivity contribution in [1.29, 1.82) is 0 Å². The molecular weight excluding hydrogens is 208 g/mol. The van der Waals surface area contributed by atoms with E-state index in [2.05, 4.69) is 0 Å². The molecule has 1 amide bonds. The summed E-state index contributed by atoms with van der Waals surface area (Å²) in [5.41, 5.74) is -0.984. The lowest BCUT2D eigenvalue weighted by molar-refractivity contribution is -0.158. The summed E-state index contributed by atoms with van der Waals surface area (Å²) in [5, 5.41) is 9.46. The van der Waals surface area contributed by atoms with Crippen molar-refractivity contribution in [3.05, 3.63) is 0 Å². The summed E-state index contributed by atoms with van der Waals surface area (Å²) in [6.45, 7) is 2.66. The predicted molar refractivity (Wildman–Crippen MR) is 58.0 cm³/mol. The average molecular weight is 226 g/mol. The number of carboxylic acids is 1. The number of aliphatic carboxylic acids is 1. The van der Waals surface area contributed by atoms with E-state index in [-0.39, 0.29) is 11.9 Å². The maximum atomic E-state index is 11.7. The van der Waals surface area contributed by atoms with Gasteiger partial charge in [-0.3, -0.25) is 4.79 Å². The Bertz CT molecular complexity index is 327. The molecule has 5 heteroatoms. The highest BCUT2D eigenvalue weighted by Gasteiger charge is 2.54. The normalized spacial score (nSPS) is 30.4. The van der Waals surface area contributed by atoms with E-state index in [0.29, 0.717) is 13.0 Å². The average Bonchev–Trinajstić information content (AvgIpc) is 2.90. The standard InChI is InChI=1S/C11H18N2O3/c1-8(14)13(9-3-4-9)11(10(15)16)5-6-12(2)7-11/h9H,3-7H2,1-2H3,(H,15,16). The van der Waals surface area contributed by atoms with E-state index in [1.165, 1.54) is 6.92 Å². The second-order valence-electron chi connectivity index (χ2n) is 4.94. The lowest BCUT2D eigenvalue weighted by Crippen LogP contribution is -2.59. The number of likely N-dealkylation sites (tertiary alicyclic amines) is 1. The minimum Gasteiger partial charge on any atom is -0.479 e. The van der Waals surface area contributed by atoms with Crippen LogP contribution in [0.4, 0.5) is 0 Å². The Morgan fingerprint density at radius 2 is 2.06 bits per heavy atom. The van der Waals surface area contributed by atoms with Gasteiger partial charge in [0.2, 0.25) is 5.91 Å². The van der Waals surface area contributed by atoms with Crippen LogP contribution in [0.5, 0.6) is 0 Å². The quantitative estimate of drug-likeness (QED) is 0.744. The Morgan fingerprint density at radius 1 is 1.44 bits per heavy atom. The molecule has 2 aliphatic rings. The summed E-state index contributed by atoms with van der Waals surface area (Å²) in [4.78, 5) is 26.8. The van der Waals surface area contributed by atoms with Gasteiger partial charge in [-0.15, -0.1) is 0 Å². The van der Waals surface area contributed by atoms with Gasteiger partial charge in [-0.2, -0.15) is 0 Å². The highest BCUT2D eigenvalue weighted by atomic mass is 16.4. The number of likely N-dealkylation sites (N-methyl/N-ethyl adjacent to an activating group) is 1. The first-order valence-electron chi connectivity index (χ1n) is 5.69. The lowest BCUT2D eigenvalue weighted by atomic mass is 9.95. The molecule has 5 nitrogen and oxygen atoms in total. The van der Waals surface area contributed by atoms with Crippen molar-refractivity contribution in [2.24, 2.45) is 0 Å². The molecule has 1 saturated heterocycles. The third-order valence-electron chi connectivity index (χ3n) is 3.55. The second kappa shape index (κ2) is 3.73. The molecule has 0 aromatic carbocycles. The molecule has 90 valence electrons. The zero-order chi connectivity index (χ0) is 11.9. The molecule has 2 fully saturated rings. The zero-order valence-corrected chi connectivity index (χ0v) is 9.77. The van der Waals surface area contributed by atoms with Crippen LogP contribution in [-0.4, -0.2) is 58.5 Å². The smallest absolute Gasteiger partial charge is 0.331 e. The van der Waals surface area contributed by atoms with Gasteiger partial charge in [0, 0.05) is 26.1 Å². The molecule has 1 aliphatic heterocycles. The van der Waals surface area contributed by atoms with E-state index in [1.807, 2.05) is 11.9 Å². The monoisotopic (exact) mass is 226 g/mol. The number of carbonyl (C=O) groups excluding carboxylic acids is 1. The first-order valence-corrected chi connectivity index (χ1v) is 5.69. The summed E-state index contributed by atoms with van der Waals surface area (Å²) in [6.07, 6.45) is 2.42. The number of rotatable bonds is 3. The fourth-order valence-corrected chi connectivity index (χ4v) is 2.70. The highest BCUT2D eigenvalue weighted by molar-refractivity contribution is 5.87. The van der Waals surface area contributed by atoms with E-state index < -0.39 is 11.5 Å². The Kier molecular flexibility index (Phi) is 2.66. The number of hydrogen-bond acceptors (Lipinski definition) is 3. The van der Waals surface area contributed by atoms with Gasteiger partial charge in [-0.1, -0.05) is 0 Å². The largest absolute Gasteiger partial charge is 0.479 e. The molecule has 0 bridgehead atoms. The van der Waals surface area contributed by atoms with Crippen LogP contribution in [-0.2, 0) is 9.59 Å². The Morgan fingerprint density at radius 3 is 2.38 bits per heavy atom. The molecular formula is C11H18N2O3. The van der Waals surface area contributed by atoms with Crippen molar-refractivity contribution in [3.8, 4) is 0 Å². The molecule has 2 rings (SSSR count). The number of hydrogen-bond donors (Lipinski definition) is 1. The third kappa shape index (κ3) is 1.69. The molecule has 0 spiro atoms. The number of carboxylic acid groups (broad SMARTS) is 1. The predicted octanol–water partition coefficient (Wildman–Crippen LogP) is 0.156. The fraction of sp³-hybridized carbons (Fsp3) is 0.818. The van der Waals surface area contributed by atoms with Crippen LogP contribution < -0.4 is 0 Å². The van der Waals surface area contributed by atoms with Crippen LogP contribution in [0.15, 0.2) is 0 Å². The second-order valence-corrected chi connectivity index (χ2v) is 4.94. The summed E-state index contributed by atoms with van der Waals surface area (Å²) >= 11 is 0. The van der Waals surface area contributed by atoms with Crippen LogP contribution in [0.1, 0.15) is 26.2 Å². The first kappa shape index (κ1) is 11.4. The third-order valence-corrected chi connectivity index (χ3v) is 3.55. The van der Waals surface area contributed by atoms with Gasteiger partial charge >= 0.3 is 5.97 Å². The van der Waals surface area contributed by atoms with E-state index in [1.54, 1.807) is 4.90 Å². The Labute approximate surface area is 95.0 Å². The topological polar surface area (TPSA) is 60.9 Å². The fourth-order valence-electron chi connectivity index (χ4n) is 2.70. The van der Waals surface area contributed by atoms with Gasteiger partial charge in [0.25, 0.3) is 0 Å². The zero-order valence-electron chi connectivity index (χ0n) is 9.77. The van der Waals surface area contributed by atoms with Gasteiger partial charge in [-0.05, 0) is 26.3 Å². The van der Waals surface area contributed by atoms with Crippen molar-refractivity contribution in [2.75, 3.05) is 20.1 Å². The van der Waals surface area contributed by atoms with Crippen molar-refractivity contribution < 1.29 is 14.7 Å². The van der Waals surface area contributed by atoms with Crippen LogP contribution in [0.3, 0.4) is 0 Å².